The van der Waals surface area contributed by atoms with Gasteiger partial charge < -0.3 is 22.1 Å². The predicted octanol–water partition coefficient (Wildman–Crippen LogP) is 1.14. The molecule has 7 heteroatoms. The van der Waals surface area contributed by atoms with Crippen LogP contribution in [0.25, 0.3) is 0 Å². The zero-order chi connectivity index (χ0) is 14.4. The number of thiophene rings is 1. The first-order valence-electron chi connectivity index (χ1n) is 6.76. The molecule has 6 nitrogen and oxygen atoms in total. The first kappa shape index (κ1) is 13.2. The number of rotatable bonds is 5. The summed E-state index contributed by atoms with van der Waals surface area (Å²) in [6.45, 7) is 2.12. The Morgan fingerprint density at radius 1 is 1.35 bits per heavy atom. The molecule has 0 saturated heterocycles. The van der Waals surface area contributed by atoms with E-state index < -0.39 is 5.91 Å². The van der Waals surface area contributed by atoms with Crippen LogP contribution in [0, 0.1) is 5.92 Å². The maximum Gasteiger partial charge on any atom is 0.263 e. The number of nitrogen functional groups attached to an aromatic ring is 1. The van der Waals surface area contributed by atoms with Crippen LogP contribution in [-0.2, 0) is 0 Å². The van der Waals surface area contributed by atoms with Crippen LogP contribution in [0.3, 0.4) is 0 Å². The Morgan fingerprint density at radius 2 is 2.00 bits per heavy atom. The molecule has 0 aliphatic heterocycles. The maximum atomic E-state index is 12.1. The summed E-state index contributed by atoms with van der Waals surface area (Å²) in [7, 11) is 0. The summed E-state index contributed by atoms with van der Waals surface area (Å²) in [4.78, 5) is 24.1. The van der Waals surface area contributed by atoms with Gasteiger partial charge in [0.25, 0.3) is 11.8 Å². The van der Waals surface area contributed by atoms with E-state index in [1.54, 1.807) is 0 Å². The number of anilines is 2. The molecule has 0 radical (unpaired) electrons. The summed E-state index contributed by atoms with van der Waals surface area (Å²) < 4.78 is 0. The van der Waals surface area contributed by atoms with E-state index in [1.807, 2.05) is 0 Å². The molecule has 2 amide bonds. The fourth-order valence-electron chi connectivity index (χ4n) is 2.13. The summed E-state index contributed by atoms with van der Waals surface area (Å²) in [6.07, 6.45) is 3.06. The molecule has 2 saturated carbocycles. The number of carbonyl (C=O) groups excluding carboxylic acids is 2. The summed E-state index contributed by atoms with van der Waals surface area (Å²) in [5, 5.41) is 6.75. The van der Waals surface area contributed by atoms with Gasteiger partial charge in [0, 0.05) is 12.1 Å². The van der Waals surface area contributed by atoms with E-state index in [0.29, 0.717) is 21.8 Å². The Hall–Kier alpha value is -1.76. The lowest BCUT2D eigenvalue weighted by Gasteiger charge is -2.03. The van der Waals surface area contributed by atoms with Crippen molar-refractivity contribution in [1.82, 2.24) is 5.32 Å². The van der Waals surface area contributed by atoms with Crippen molar-refractivity contribution >= 4 is 33.8 Å². The topological polar surface area (TPSA) is 110 Å². The molecule has 0 bridgehead atoms. The SMILES string of the molecule is CC1CC1Nc1sc(C(=O)NC2CC2)c(N)c1C(N)=O. The predicted molar refractivity (Wildman–Crippen MR) is 78.9 cm³/mol. The number of carbonyl (C=O) groups is 2. The van der Waals surface area contributed by atoms with Crippen molar-refractivity contribution < 1.29 is 9.59 Å². The molecule has 2 unspecified atom stereocenters. The molecule has 1 aromatic heterocycles. The molecule has 2 aliphatic carbocycles. The van der Waals surface area contributed by atoms with Crippen LogP contribution in [-0.4, -0.2) is 23.9 Å². The molecule has 108 valence electrons. The minimum Gasteiger partial charge on any atom is -0.397 e. The third-order valence-corrected chi connectivity index (χ3v) is 4.87. The molecule has 0 spiro atoms. The highest BCUT2D eigenvalue weighted by atomic mass is 32.1. The maximum absolute atomic E-state index is 12.1. The van der Waals surface area contributed by atoms with E-state index in [1.165, 1.54) is 11.3 Å². The van der Waals surface area contributed by atoms with Gasteiger partial charge in [-0.2, -0.15) is 0 Å². The van der Waals surface area contributed by atoms with E-state index in [9.17, 15) is 9.59 Å². The zero-order valence-electron chi connectivity index (χ0n) is 11.2. The van der Waals surface area contributed by atoms with E-state index in [2.05, 4.69) is 17.6 Å². The molecule has 2 aliphatic rings. The summed E-state index contributed by atoms with van der Waals surface area (Å²) in [5.74, 6) is -0.239. The minimum atomic E-state index is -0.597. The number of nitrogens with one attached hydrogen (secondary N) is 2. The first-order chi connectivity index (χ1) is 9.47. The van der Waals surface area contributed by atoms with Crippen molar-refractivity contribution in [1.29, 1.82) is 0 Å². The van der Waals surface area contributed by atoms with Gasteiger partial charge >= 0.3 is 0 Å². The van der Waals surface area contributed by atoms with E-state index in [0.717, 1.165) is 19.3 Å². The number of hydrogen-bond acceptors (Lipinski definition) is 5. The van der Waals surface area contributed by atoms with Crippen molar-refractivity contribution in [2.45, 2.75) is 38.3 Å². The van der Waals surface area contributed by atoms with Crippen LogP contribution in [0.5, 0.6) is 0 Å². The van der Waals surface area contributed by atoms with Gasteiger partial charge in [0.05, 0.1) is 11.3 Å². The van der Waals surface area contributed by atoms with Crippen molar-refractivity contribution in [3.63, 3.8) is 0 Å². The van der Waals surface area contributed by atoms with Gasteiger partial charge in [-0.15, -0.1) is 11.3 Å². The van der Waals surface area contributed by atoms with Crippen LogP contribution in [0.1, 0.15) is 46.2 Å². The Kier molecular flexibility index (Phi) is 3.08. The zero-order valence-corrected chi connectivity index (χ0v) is 12.0. The largest absolute Gasteiger partial charge is 0.397 e. The average Bonchev–Trinajstić information content (AvgIpc) is 3.25. The smallest absolute Gasteiger partial charge is 0.263 e. The van der Waals surface area contributed by atoms with Crippen LogP contribution in [0.15, 0.2) is 0 Å². The van der Waals surface area contributed by atoms with Gasteiger partial charge in [-0.05, 0) is 25.2 Å². The Labute approximate surface area is 120 Å². The van der Waals surface area contributed by atoms with Crippen molar-refractivity contribution in [2.24, 2.45) is 11.7 Å². The molecule has 2 atom stereocenters. The summed E-state index contributed by atoms with van der Waals surface area (Å²) in [5.41, 5.74) is 11.8. The van der Waals surface area contributed by atoms with E-state index >= 15 is 0 Å². The first-order valence-corrected chi connectivity index (χ1v) is 7.58. The van der Waals surface area contributed by atoms with Crippen molar-refractivity contribution in [3.05, 3.63) is 10.4 Å². The van der Waals surface area contributed by atoms with Gasteiger partial charge in [0.1, 0.15) is 9.88 Å². The molecule has 1 aromatic rings. The highest BCUT2D eigenvalue weighted by Gasteiger charge is 2.35. The fraction of sp³-hybridized carbons (Fsp3) is 0.538. The lowest BCUT2D eigenvalue weighted by Crippen LogP contribution is -2.25. The highest BCUT2D eigenvalue weighted by Crippen LogP contribution is 2.40. The van der Waals surface area contributed by atoms with Crippen LogP contribution >= 0.6 is 11.3 Å². The summed E-state index contributed by atoms with van der Waals surface area (Å²) in [6, 6.07) is 0.589. The molecule has 20 heavy (non-hydrogen) atoms. The fourth-order valence-corrected chi connectivity index (χ4v) is 3.22. The van der Waals surface area contributed by atoms with Gasteiger partial charge in [-0.25, -0.2) is 0 Å². The highest BCUT2D eigenvalue weighted by molar-refractivity contribution is 7.19. The van der Waals surface area contributed by atoms with Gasteiger partial charge in [0.2, 0.25) is 0 Å². The number of nitrogens with two attached hydrogens (primary N) is 2. The third kappa shape index (κ3) is 2.45. The third-order valence-electron chi connectivity index (χ3n) is 3.74. The van der Waals surface area contributed by atoms with Crippen LogP contribution in [0.2, 0.25) is 0 Å². The quantitative estimate of drug-likeness (QED) is 0.652. The molecule has 0 aromatic carbocycles. The van der Waals surface area contributed by atoms with Crippen molar-refractivity contribution in [3.8, 4) is 0 Å². The van der Waals surface area contributed by atoms with Crippen LogP contribution < -0.4 is 22.1 Å². The normalized spacial score (nSPS) is 24.2. The Balaban J connectivity index is 1.87. The monoisotopic (exact) mass is 294 g/mol. The second-order valence-corrected chi connectivity index (χ2v) is 6.65. The lowest BCUT2D eigenvalue weighted by atomic mass is 10.2. The Morgan fingerprint density at radius 3 is 2.50 bits per heavy atom. The summed E-state index contributed by atoms with van der Waals surface area (Å²) >= 11 is 1.21. The van der Waals surface area contributed by atoms with Gasteiger partial charge in [-0.3, -0.25) is 9.59 Å². The molecular formula is C13H18N4O2S. The second kappa shape index (κ2) is 4.66. The second-order valence-electron chi connectivity index (χ2n) is 5.62. The van der Waals surface area contributed by atoms with Gasteiger partial charge in [-0.1, -0.05) is 6.92 Å². The number of hydrogen-bond donors (Lipinski definition) is 4. The minimum absolute atomic E-state index is 0.191. The Bertz CT molecular complexity index is 579. The van der Waals surface area contributed by atoms with Gasteiger partial charge in [0.15, 0.2) is 0 Å². The molecule has 2 fully saturated rings. The molecule has 1 heterocycles. The standard InChI is InChI=1S/C13H18N4O2S/c1-5-4-7(5)17-13-8(11(15)18)9(14)10(20-13)12(19)16-6-2-3-6/h5-7,17H,2-4,14H2,1H3,(H2,15,18)(H,16,19). The van der Waals surface area contributed by atoms with Crippen molar-refractivity contribution in [2.75, 3.05) is 11.1 Å². The molecule has 3 rings (SSSR count). The van der Waals surface area contributed by atoms with E-state index in [4.69, 9.17) is 11.5 Å². The molecule has 6 N–H and O–H groups in total. The number of amides is 2. The average molecular weight is 294 g/mol. The lowest BCUT2D eigenvalue weighted by molar-refractivity contribution is 0.0955. The number of primary amides is 1. The molecular weight excluding hydrogens is 276 g/mol. The van der Waals surface area contributed by atoms with E-state index in [-0.39, 0.29) is 23.2 Å². The van der Waals surface area contributed by atoms with Crippen LogP contribution in [0.4, 0.5) is 10.7 Å².